The zero-order valence-electron chi connectivity index (χ0n) is 12.7. The van der Waals surface area contributed by atoms with Crippen LogP contribution in [0.3, 0.4) is 0 Å². The fourth-order valence-electron chi connectivity index (χ4n) is 2.40. The number of halogens is 3. The Kier molecular flexibility index (Phi) is 4.80. The number of rotatable bonds is 5. The van der Waals surface area contributed by atoms with Crippen LogP contribution >= 0.6 is 11.8 Å². The number of amides is 1. The average Bonchev–Trinajstić information content (AvgIpc) is 3.37. The lowest BCUT2D eigenvalue weighted by molar-refractivity contribution is -0.0328. The molecule has 0 aliphatic heterocycles. The highest BCUT2D eigenvalue weighted by molar-refractivity contribution is 8.00. The quantitative estimate of drug-likeness (QED) is 0.743. The van der Waals surface area contributed by atoms with Crippen LogP contribution in [0.25, 0.3) is 0 Å². The number of hydrogen-bond acceptors (Lipinski definition) is 3. The standard InChI is InChI=1S/C17H15F3N2OS/c18-17(19,20)24-15-5-1-13(2-6-15)16(23)22(14-3-4-14)11-12-7-9-21-10-8-12/h1-2,5-10,14H,3-4,11H2. The second kappa shape index (κ2) is 6.84. The monoisotopic (exact) mass is 352 g/mol. The van der Waals surface area contributed by atoms with E-state index in [0.29, 0.717) is 12.1 Å². The van der Waals surface area contributed by atoms with Crippen molar-refractivity contribution in [3.63, 3.8) is 0 Å². The Bertz CT molecular complexity index is 700. The predicted molar refractivity (Wildman–Crippen MR) is 85.5 cm³/mol. The van der Waals surface area contributed by atoms with Gasteiger partial charge >= 0.3 is 5.51 Å². The Balaban J connectivity index is 1.73. The Labute approximate surface area is 141 Å². The highest BCUT2D eigenvalue weighted by atomic mass is 32.2. The molecule has 3 nitrogen and oxygen atoms in total. The molecule has 1 aliphatic rings. The molecule has 1 amide bonds. The van der Waals surface area contributed by atoms with E-state index in [1.165, 1.54) is 24.3 Å². The van der Waals surface area contributed by atoms with Crippen LogP contribution in [0.15, 0.2) is 53.7 Å². The van der Waals surface area contributed by atoms with E-state index in [9.17, 15) is 18.0 Å². The SMILES string of the molecule is O=C(c1ccc(SC(F)(F)F)cc1)N(Cc1ccncc1)C1CC1. The molecule has 3 rings (SSSR count). The molecule has 0 radical (unpaired) electrons. The fourth-order valence-corrected chi connectivity index (χ4v) is 2.94. The normalized spacial score (nSPS) is 14.5. The zero-order valence-corrected chi connectivity index (χ0v) is 13.5. The van der Waals surface area contributed by atoms with E-state index in [2.05, 4.69) is 4.98 Å². The van der Waals surface area contributed by atoms with E-state index >= 15 is 0 Å². The van der Waals surface area contributed by atoms with Gasteiger partial charge in [0.05, 0.1) is 0 Å². The number of aromatic nitrogens is 1. The lowest BCUT2D eigenvalue weighted by Gasteiger charge is -2.22. The molecule has 2 aromatic rings. The molecule has 0 bridgehead atoms. The smallest absolute Gasteiger partial charge is 0.331 e. The minimum atomic E-state index is -4.33. The van der Waals surface area contributed by atoms with Gasteiger partial charge in [-0.05, 0) is 66.6 Å². The number of thioether (sulfide) groups is 1. The van der Waals surface area contributed by atoms with Crippen LogP contribution in [0.4, 0.5) is 13.2 Å². The average molecular weight is 352 g/mol. The van der Waals surface area contributed by atoms with Crippen molar-refractivity contribution in [1.82, 2.24) is 9.88 Å². The van der Waals surface area contributed by atoms with E-state index in [4.69, 9.17) is 0 Å². The number of nitrogens with zero attached hydrogens (tertiary/aromatic N) is 2. The largest absolute Gasteiger partial charge is 0.446 e. The van der Waals surface area contributed by atoms with Gasteiger partial charge in [0.15, 0.2) is 0 Å². The van der Waals surface area contributed by atoms with Crippen LogP contribution in [0.1, 0.15) is 28.8 Å². The van der Waals surface area contributed by atoms with Crippen molar-refractivity contribution in [2.75, 3.05) is 0 Å². The Morgan fingerprint density at radius 1 is 1.12 bits per heavy atom. The van der Waals surface area contributed by atoms with Crippen LogP contribution in [0.5, 0.6) is 0 Å². The predicted octanol–water partition coefficient (Wildman–Crippen LogP) is 4.50. The molecule has 0 N–H and O–H groups in total. The van der Waals surface area contributed by atoms with Gasteiger partial charge in [-0.2, -0.15) is 13.2 Å². The highest BCUT2D eigenvalue weighted by Gasteiger charge is 2.33. The summed E-state index contributed by atoms with van der Waals surface area (Å²) in [5.41, 5.74) is -2.94. The number of pyridine rings is 1. The molecule has 126 valence electrons. The second-order valence-electron chi connectivity index (χ2n) is 5.59. The molecule has 1 aromatic heterocycles. The summed E-state index contributed by atoms with van der Waals surface area (Å²) in [6, 6.07) is 9.50. The third-order valence-electron chi connectivity index (χ3n) is 3.69. The Morgan fingerprint density at radius 3 is 2.29 bits per heavy atom. The van der Waals surface area contributed by atoms with Gasteiger partial charge < -0.3 is 4.90 Å². The summed E-state index contributed by atoms with van der Waals surface area (Å²) in [5, 5.41) is 0. The molecular formula is C17H15F3N2OS. The maximum absolute atomic E-state index is 12.7. The minimum absolute atomic E-state index is 0.0751. The fraction of sp³-hybridized carbons (Fsp3) is 0.294. The van der Waals surface area contributed by atoms with Crippen molar-refractivity contribution in [3.05, 3.63) is 59.9 Å². The maximum atomic E-state index is 12.7. The first kappa shape index (κ1) is 16.8. The molecule has 0 saturated heterocycles. The molecule has 1 aliphatic carbocycles. The molecule has 1 saturated carbocycles. The van der Waals surface area contributed by atoms with Gasteiger partial charge in [0.1, 0.15) is 0 Å². The molecule has 1 fully saturated rings. The molecule has 0 atom stereocenters. The number of hydrogen-bond donors (Lipinski definition) is 0. The summed E-state index contributed by atoms with van der Waals surface area (Å²) in [6.45, 7) is 0.477. The summed E-state index contributed by atoms with van der Waals surface area (Å²) >= 11 is -0.181. The summed E-state index contributed by atoms with van der Waals surface area (Å²) in [7, 11) is 0. The first-order valence-electron chi connectivity index (χ1n) is 7.48. The highest BCUT2D eigenvalue weighted by Crippen LogP contribution is 2.37. The Hall–Kier alpha value is -2.02. The van der Waals surface area contributed by atoms with Crippen molar-refractivity contribution in [2.45, 2.75) is 35.8 Å². The Morgan fingerprint density at radius 2 is 1.75 bits per heavy atom. The van der Waals surface area contributed by atoms with Crippen molar-refractivity contribution < 1.29 is 18.0 Å². The van der Waals surface area contributed by atoms with Gasteiger partial charge in [0, 0.05) is 35.4 Å². The number of carbonyl (C=O) groups excluding carboxylic acids is 1. The molecular weight excluding hydrogens is 337 g/mol. The van der Waals surface area contributed by atoms with E-state index in [0.717, 1.165) is 18.4 Å². The topological polar surface area (TPSA) is 33.2 Å². The minimum Gasteiger partial charge on any atom is -0.331 e. The van der Waals surface area contributed by atoms with Crippen molar-refractivity contribution in [1.29, 1.82) is 0 Å². The molecule has 0 unspecified atom stereocenters. The summed E-state index contributed by atoms with van der Waals surface area (Å²) < 4.78 is 37.1. The van der Waals surface area contributed by atoms with Crippen LogP contribution in [0, 0.1) is 0 Å². The number of carbonyl (C=O) groups is 1. The molecule has 1 aromatic carbocycles. The van der Waals surface area contributed by atoms with Crippen LogP contribution in [-0.2, 0) is 6.54 Å². The van der Waals surface area contributed by atoms with E-state index < -0.39 is 5.51 Å². The van der Waals surface area contributed by atoms with E-state index in [-0.39, 0.29) is 28.6 Å². The summed E-state index contributed by atoms with van der Waals surface area (Å²) in [4.78, 5) is 18.5. The molecule has 24 heavy (non-hydrogen) atoms. The van der Waals surface area contributed by atoms with Crippen LogP contribution in [-0.4, -0.2) is 27.3 Å². The number of alkyl halides is 3. The van der Waals surface area contributed by atoms with Crippen molar-refractivity contribution in [2.24, 2.45) is 0 Å². The van der Waals surface area contributed by atoms with E-state index in [1.54, 1.807) is 17.3 Å². The van der Waals surface area contributed by atoms with Gasteiger partial charge in [0.2, 0.25) is 0 Å². The molecule has 0 spiro atoms. The van der Waals surface area contributed by atoms with E-state index in [1.807, 2.05) is 12.1 Å². The van der Waals surface area contributed by atoms with Gasteiger partial charge in [0.25, 0.3) is 5.91 Å². The van der Waals surface area contributed by atoms with Gasteiger partial charge in [-0.1, -0.05) is 0 Å². The van der Waals surface area contributed by atoms with Crippen LogP contribution in [0.2, 0.25) is 0 Å². The third kappa shape index (κ3) is 4.50. The third-order valence-corrected chi connectivity index (χ3v) is 4.42. The maximum Gasteiger partial charge on any atom is 0.446 e. The van der Waals surface area contributed by atoms with Crippen molar-refractivity contribution >= 4 is 17.7 Å². The first-order chi connectivity index (χ1) is 11.4. The van der Waals surface area contributed by atoms with Gasteiger partial charge in [-0.3, -0.25) is 9.78 Å². The number of benzene rings is 1. The van der Waals surface area contributed by atoms with Gasteiger partial charge in [-0.15, -0.1) is 0 Å². The lowest BCUT2D eigenvalue weighted by Crippen LogP contribution is -2.32. The summed E-state index contributed by atoms with van der Waals surface area (Å²) in [6.07, 6.45) is 5.26. The summed E-state index contributed by atoms with van der Waals surface area (Å²) in [5.74, 6) is -0.155. The zero-order chi connectivity index (χ0) is 17.2. The van der Waals surface area contributed by atoms with Crippen molar-refractivity contribution in [3.8, 4) is 0 Å². The molecule has 7 heteroatoms. The van der Waals surface area contributed by atoms with Gasteiger partial charge in [-0.25, -0.2) is 0 Å². The molecule has 1 heterocycles. The van der Waals surface area contributed by atoms with Crippen LogP contribution < -0.4 is 0 Å². The second-order valence-corrected chi connectivity index (χ2v) is 6.73. The lowest BCUT2D eigenvalue weighted by atomic mass is 10.1. The first-order valence-corrected chi connectivity index (χ1v) is 8.30.